The first-order chi connectivity index (χ1) is 6.79. The van der Waals surface area contributed by atoms with Gasteiger partial charge < -0.3 is 10.2 Å². The molecule has 2 aromatic heterocycles. The lowest BCUT2D eigenvalue weighted by Gasteiger charge is -2.00. The Morgan fingerprint density at radius 3 is 3.00 bits per heavy atom. The number of hydrogen-bond acceptors (Lipinski definition) is 4. The van der Waals surface area contributed by atoms with Crippen molar-refractivity contribution in [2.75, 3.05) is 0 Å². The summed E-state index contributed by atoms with van der Waals surface area (Å²) in [6, 6.07) is 3.23. The van der Waals surface area contributed by atoms with Crippen molar-refractivity contribution in [1.82, 2.24) is 9.97 Å². The van der Waals surface area contributed by atoms with E-state index < -0.39 is 5.91 Å². The molecule has 5 nitrogen and oxygen atoms in total. The molecule has 70 valence electrons. The number of pyridine rings is 1. The van der Waals surface area contributed by atoms with Crippen molar-refractivity contribution in [3.8, 4) is 11.5 Å². The zero-order chi connectivity index (χ0) is 9.97. The van der Waals surface area contributed by atoms with Gasteiger partial charge in [-0.1, -0.05) is 0 Å². The molecule has 14 heavy (non-hydrogen) atoms. The third-order valence-corrected chi connectivity index (χ3v) is 1.74. The minimum Gasteiger partial charge on any atom is -0.442 e. The Bertz CT molecular complexity index is 451. The van der Waals surface area contributed by atoms with Gasteiger partial charge in [-0.15, -0.1) is 0 Å². The maximum absolute atomic E-state index is 11.0. The Balaban J connectivity index is 2.58. The summed E-state index contributed by atoms with van der Waals surface area (Å²) in [7, 11) is 0. The zero-order valence-corrected chi connectivity index (χ0v) is 7.18. The van der Waals surface area contributed by atoms with Gasteiger partial charge in [-0.2, -0.15) is 0 Å². The molecule has 0 saturated carbocycles. The molecule has 0 aromatic carbocycles. The molecular formula is C9H7N3O2. The van der Waals surface area contributed by atoms with Gasteiger partial charge in [0, 0.05) is 6.20 Å². The fraction of sp³-hybridized carbons (Fsp3) is 0. The second-order valence-electron chi connectivity index (χ2n) is 2.63. The van der Waals surface area contributed by atoms with Crippen molar-refractivity contribution in [2.24, 2.45) is 5.73 Å². The molecule has 2 aromatic rings. The summed E-state index contributed by atoms with van der Waals surface area (Å²) in [5, 5.41) is 0. The van der Waals surface area contributed by atoms with E-state index in [0.29, 0.717) is 17.0 Å². The van der Waals surface area contributed by atoms with Crippen LogP contribution >= 0.6 is 0 Å². The van der Waals surface area contributed by atoms with Gasteiger partial charge in [-0.05, 0) is 12.1 Å². The molecule has 0 unspecified atom stereocenters. The van der Waals surface area contributed by atoms with Crippen LogP contribution in [-0.2, 0) is 0 Å². The first-order valence-electron chi connectivity index (χ1n) is 3.92. The van der Waals surface area contributed by atoms with E-state index in [1.165, 1.54) is 12.6 Å². The highest BCUT2D eigenvalue weighted by Gasteiger charge is 2.12. The first-order valence-corrected chi connectivity index (χ1v) is 3.92. The quantitative estimate of drug-likeness (QED) is 0.758. The number of aromatic nitrogens is 2. The highest BCUT2D eigenvalue weighted by atomic mass is 16.3. The average Bonchev–Trinajstić information content (AvgIpc) is 2.70. The Hall–Kier alpha value is -2.17. The van der Waals surface area contributed by atoms with Crippen LogP contribution in [0.1, 0.15) is 10.4 Å². The fourth-order valence-corrected chi connectivity index (χ4v) is 1.13. The molecule has 1 amide bonds. The Labute approximate surface area is 79.6 Å². The molecule has 5 heteroatoms. The standard InChI is InChI=1S/C9H7N3O2/c10-9(13)6-2-1-3-12-8(6)7-4-11-5-14-7/h1-5H,(H2,10,13). The summed E-state index contributed by atoms with van der Waals surface area (Å²) in [6.45, 7) is 0. The van der Waals surface area contributed by atoms with Gasteiger partial charge in [-0.3, -0.25) is 9.78 Å². The lowest BCUT2D eigenvalue weighted by atomic mass is 10.1. The smallest absolute Gasteiger partial charge is 0.251 e. The summed E-state index contributed by atoms with van der Waals surface area (Å²) in [6.07, 6.45) is 4.31. The van der Waals surface area contributed by atoms with E-state index in [-0.39, 0.29) is 0 Å². The number of nitrogens with zero attached hydrogens (tertiary/aromatic N) is 2. The van der Waals surface area contributed by atoms with Crippen LogP contribution in [0.5, 0.6) is 0 Å². The summed E-state index contributed by atoms with van der Waals surface area (Å²) in [5.74, 6) is -0.107. The molecule has 0 saturated heterocycles. The second-order valence-corrected chi connectivity index (χ2v) is 2.63. The zero-order valence-electron chi connectivity index (χ0n) is 7.18. The minimum absolute atomic E-state index is 0.323. The van der Waals surface area contributed by atoms with Gasteiger partial charge in [0.15, 0.2) is 12.2 Å². The lowest BCUT2D eigenvalue weighted by molar-refractivity contribution is 0.100. The Morgan fingerprint density at radius 1 is 1.50 bits per heavy atom. The fourth-order valence-electron chi connectivity index (χ4n) is 1.13. The first kappa shape index (κ1) is 8.43. The summed E-state index contributed by atoms with van der Waals surface area (Å²) in [5.41, 5.74) is 5.92. The molecule has 0 radical (unpaired) electrons. The van der Waals surface area contributed by atoms with Gasteiger partial charge in [0.25, 0.3) is 5.91 Å². The lowest BCUT2D eigenvalue weighted by Crippen LogP contribution is -2.12. The van der Waals surface area contributed by atoms with Gasteiger partial charge >= 0.3 is 0 Å². The van der Waals surface area contributed by atoms with Crippen molar-refractivity contribution >= 4 is 5.91 Å². The van der Waals surface area contributed by atoms with E-state index >= 15 is 0 Å². The third-order valence-electron chi connectivity index (χ3n) is 1.74. The molecule has 0 aliphatic heterocycles. The number of carbonyl (C=O) groups is 1. The number of carbonyl (C=O) groups excluding carboxylic acids is 1. The van der Waals surface area contributed by atoms with Crippen LogP contribution in [0.2, 0.25) is 0 Å². The summed E-state index contributed by atoms with van der Waals surface area (Å²) in [4.78, 5) is 18.8. The molecule has 0 fully saturated rings. The third kappa shape index (κ3) is 1.35. The van der Waals surface area contributed by atoms with Crippen LogP contribution in [0.3, 0.4) is 0 Å². The van der Waals surface area contributed by atoms with Crippen molar-refractivity contribution in [1.29, 1.82) is 0 Å². The number of nitrogens with two attached hydrogens (primary N) is 1. The Kier molecular flexibility index (Phi) is 1.98. The van der Waals surface area contributed by atoms with Crippen molar-refractivity contribution in [3.05, 3.63) is 36.5 Å². The number of hydrogen-bond donors (Lipinski definition) is 1. The number of rotatable bonds is 2. The highest BCUT2D eigenvalue weighted by molar-refractivity contribution is 5.98. The average molecular weight is 189 g/mol. The van der Waals surface area contributed by atoms with Crippen LogP contribution in [0.15, 0.2) is 35.3 Å². The highest BCUT2D eigenvalue weighted by Crippen LogP contribution is 2.19. The second kappa shape index (κ2) is 3.29. The minimum atomic E-state index is -0.537. The predicted molar refractivity (Wildman–Crippen MR) is 48.3 cm³/mol. The maximum atomic E-state index is 11.0. The van der Waals surface area contributed by atoms with Crippen LogP contribution in [0.25, 0.3) is 11.5 Å². The van der Waals surface area contributed by atoms with Crippen LogP contribution < -0.4 is 5.73 Å². The molecule has 0 aliphatic rings. The molecule has 2 heterocycles. The number of amides is 1. The van der Waals surface area contributed by atoms with Crippen molar-refractivity contribution in [3.63, 3.8) is 0 Å². The van der Waals surface area contributed by atoms with Crippen molar-refractivity contribution < 1.29 is 9.21 Å². The monoisotopic (exact) mass is 189 g/mol. The SMILES string of the molecule is NC(=O)c1cccnc1-c1cnco1. The molecule has 0 atom stereocenters. The van der Waals surface area contributed by atoms with E-state index in [2.05, 4.69) is 9.97 Å². The van der Waals surface area contributed by atoms with Gasteiger partial charge in [-0.25, -0.2) is 4.98 Å². The summed E-state index contributed by atoms with van der Waals surface area (Å²) < 4.78 is 5.03. The van der Waals surface area contributed by atoms with E-state index in [4.69, 9.17) is 10.2 Å². The van der Waals surface area contributed by atoms with Gasteiger partial charge in [0.1, 0.15) is 5.69 Å². The maximum Gasteiger partial charge on any atom is 0.251 e. The van der Waals surface area contributed by atoms with E-state index in [1.54, 1.807) is 18.3 Å². The Morgan fingerprint density at radius 2 is 2.36 bits per heavy atom. The largest absolute Gasteiger partial charge is 0.442 e. The topological polar surface area (TPSA) is 82.0 Å². The van der Waals surface area contributed by atoms with E-state index in [9.17, 15) is 4.79 Å². The normalized spacial score (nSPS) is 10.0. The predicted octanol–water partition coefficient (Wildman–Crippen LogP) is 0.836. The molecule has 0 spiro atoms. The van der Waals surface area contributed by atoms with Crippen LogP contribution in [0.4, 0.5) is 0 Å². The molecule has 2 N–H and O–H groups in total. The number of oxazole rings is 1. The van der Waals surface area contributed by atoms with Crippen molar-refractivity contribution in [2.45, 2.75) is 0 Å². The van der Waals surface area contributed by atoms with Crippen LogP contribution in [-0.4, -0.2) is 15.9 Å². The van der Waals surface area contributed by atoms with E-state index in [1.807, 2.05) is 0 Å². The van der Waals surface area contributed by atoms with Crippen LogP contribution in [0, 0.1) is 0 Å². The van der Waals surface area contributed by atoms with E-state index in [0.717, 1.165) is 0 Å². The summed E-state index contributed by atoms with van der Waals surface area (Å²) >= 11 is 0. The number of primary amides is 1. The molecule has 0 aliphatic carbocycles. The molecule has 0 bridgehead atoms. The molecular weight excluding hydrogens is 182 g/mol. The van der Waals surface area contributed by atoms with Gasteiger partial charge in [0.2, 0.25) is 0 Å². The van der Waals surface area contributed by atoms with Gasteiger partial charge in [0.05, 0.1) is 11.8 Å². The molecule has 2 rings (SSSR count).